The van der Waals surface area contributed by atoms with Crippen LogP contribution in [0.2, 0.25) is 0 Å². The van der Waals surface area contributed by atoms with Crippen LogP contribution in [0.25, 0.3) is 16.7 Å². The fourth-order valence-corrected chi connectivity index (χ4v) is 5.20. The van der Waals surface area contributed by atoms with E-state index in [0.29, 0.717) is 5.56 Å². The van der Waals surface area contributed by atoms with Crippen LogP contribution in [-0.2, 0) is 17.4 Å². The first-order valence-corrected chi connectivity index (χ1v) is 12.5. The van der Waals surface area contributed by atoms with Crippen LogP contribution < -0.4 is 10.6 Å². The SMILES string of the molecule is CC(c1ccc(NC(=O)Cc2ccc(-n3cnc4ccccc43)cc2)cc1C(F)(F)F)C1CCNCC1. The predicted octanol–water partition coefficient (Wildman–Crippen LogP) is 6.33. The summed E-state index contributed by atoms with van der Waals surface area (Å²) in [7, 11) is 0. The van der Waals surface area contributed by atoms with Crippen molar-refractivity contribution in [3.63, 3.8) is 0 Å². The van der Waals surface area contributed by atoms with Gasteiger partial charge in [0, 0.05) is 11.4 Å². The van der Waals surface area contributed by atoms with E-state index in [1.807, 2.05) is 60.0 Å². The monoisotopic (exact) mass is 506 g/mol. The smallest absolute Gasteiger partial charge is 0.326 e. The van der Waals surface area contributed by atoms with Crippen LogP contribution in [-0.4, -0.2) is 28.5 Å². The van der Waals surface area contributed by atoms with E-state index in [1.165, 1.54) is 6.07 Å². The standard InChI is InChI=1S/C29H29F3N4O/c1-19(21-12-14-33-15-13-21)24-11-8-22(17-25(24)29(30,31)32)35-28(37)16-20-6-9-23(10-7-20)36-18-34-26-4-2-3-5-27(26)36/h2-11,17-19,21,33H,12-16H2,1H3,(H,35,37). The van der Waals surface area contributed by atoms with Gasteiger partial charge in [0.25, 0.3) is 0 Å². The Balaban J connectivity index is 1.29. The molecule has 1 atom stereocenters. The average molecular weight is 507 g/mol. The maximum Gasteiger partial charge on any atom is 0.416 e. The second kappa shape index (κ2) is 10.4. The van der Waals surface area contributed by atoms with Crippen molar-refractivity contribution in [3.8, 4) is 5.69 Å². The highest BCUT2D eigenvalue weighted by Gasteiger charge is 2.36. The second-order valence-electron chi connectivity index (χ2n) is 9.67. The first kappa shape index (κ1) is 25.0. The molecule has 5 nitrogen and oxygen atoms in total. The molecule has 37 heavy (non-hydrogen) atoms. The maximum absolute atomic E-state index is 14.0. The first-order chi connectivity index (χ1) is 17.8. The summed E-state index contributed by atoms with van der Waals surface area (Å²) in [5, 5.41) is 5.91. The highest BCUT2D eigenvalue weighted by Crippen LogP contribution is 2.40. The van der Waals surface area contributed by atoms with Crippen molar-refractivity contribution < 1.29 is 18.0 Å². The topological polar surface area (TPSA) is 59.0 Å². The Morgan fingerprint density at radius 3 is 2.54 bits per heavy atom. The zero-order chi connectivity index (χ0) is 26.0. The number of nitrogens with one attached hydrogen (secondary N) is 2. The van der Waals surface area contributed by atoms with Crippen LogP contribution in [0.15, 0.2) is 73.1 Å². The van der Waals surface area contributed by atoms with Gasteiger partial charge in [-0.2, -0.15) is 13.2 Å². The van der Waals surface area contributed by atoms with Gasteiger partial charge in [-0.15, -0.1) is 0 Å². The minimum atomic E-state index is -4.50. The molecule has 1 aliphatic rings. The normalized spacial score (nSPS) is 15.6. The quantitative estimate of drug-likeness (QED) is 0.321. The second-order valence-corrected chi connectivity index (χ2v) is 9.67. The van der Waals surface area contributed by atoms with Gasteiger partial charge in [-0.05, 0) is 85.3 Å². The molecule has 1 saturated heterocycles. The Labute approximate surface area is 213 Å². The Bertz CT molecular complexity index is 1390. The lowest BCUT2D eigenvalue weighted by molar-refractivity contribution is -0.138. The summed E-state index contributed by atoms with van der Waals surface area (Å²) in [6.07, 6.45) is -0.982. The molecular formula is C29H29F3N4O. The van der Waals surface area contributed by atoms with E-state index in [0.717, 1.165) is 54.3 Å². The highest BCUT2D eigenvalue weighted by atomic mass is 19.4. The van der Waals surface area contributed by atoms with Crippen molar-refractivity contribution in [1.29, 1.82) is 0 Å². The molecule has 5 rings (SSSR count). The molecule has 4 aromatic rings. The number of rotatable bonds is 6. The molecule has 1 aliphatic heterocycles. The molecule has 0 aliphatic carbocycles. The number of halogens is 3. The van der Waals surface area contributed by atoms with Crippen LogP contribution in [0, 0.1) is 5.92 Å². The molecule has 0 bridgehead atoms. The summed E-state index contributed by atoms with van der Waals surface area (Å²) in [6, 6.07) is 19.5. The van der Waals surface area contributed by atoms with Crippen molar-refractivity contribution in [2.45, 2.75) is 38.3 Å². The predicted molar refractivity (Wildman–Crippen MR) is 139 cm³/mol. The van der Waals surface area contributed by atoms with E-state index in [-0.39, 0.29) is 29.9 Å². The van der Waals surface area contributed by atoms with Crippen LogP contribution in [0.4, 0.5) is 18.9 Å². The van der Waals surface area contributed by atoms with Gasteiger partial charge in [0.1, 0.15) is 6.33 Å². The molecule has 0 radical (unpaired) electrons. The van der Waals surface area contributed by atoms with Gasteiger partial charge >= 0.3 is 6.18 Å². The molecule has 1 unspecified atom stereocenters. The van der Waals surface area contributed by atoms with Gasteiger partial charge in [-0.25, -0.2) is 4.98 Å². The third-order valence-electron chi connectivity index (χ3n) is 7.26. The third kappa shape index (κ3) is 5.54. The number of alkyl halides is 3. The molecule has 192 valence electrons. The Morgan fingerprint density at radius 2 is 1.81 bits per heavy atom. The number of hydrogen-bond donors (Lipinski definition) is 2. The minimum Gasteiger partial charge on any atom is -0.326 e. The van der Waals surface area contributed by atoms with Gasteiger partial charge < -0.3 is 10.6 Å². The van der Waals surface area contributed by atoms with Crippen LogP contribution in [0.1, 0.15) is 42.4 Å². The third-order valence-corrected chi connectivity index (χ3v) is 7.26. The van der Waals surface area contributed by atoms with Gasteiger partial charge in [-0.3, -0.25) is 9.36 Å². The molecule has 3 aromatic carbocycles. The lowest BCUT2D eigenvalue weighted by Gasteiger charge is -2.30. The number of benzene rings is 3. The number of imidazole rings is 1. The van der Waals surface area contributed by atoms with Gasteiger partial charge in [0.15, 0.2) is 0 Å². The summed E-state index contributed by atoms with van der Waals surface area (Å²) in [4.78, 5) is 17.1. The summed E-state index contributed by atoms with van der Waals surface area (Å²) in [5.41, 5.74) is 3.31. The van der Waals surface area contributed by atoms with E-state index in [2.05, 4.69) is 15.6 Å². The number of anilines is 1. The number of piperidine rings is 1. The number of carbonyl (C=O) groups is 1. The minimum absolute atomic E-state index is 0.0551. The van der Waals surface area contributed by atoms with E-state index in [4.69, 9.17) is 0 Å². The molecule has 8 heteroatoms. The van der Waals surface area contributed by atoms with Crippen molar-refractivity contribution in [2.24, 2.45) is 5.92 Å². The average Bonchev–Trinajstić information content (AvgIpc) is 3.33. The molecule has 1 fully saturated rings. The van der Waals surface area contributed by atoms with Crippen molar-refractivity contribution in [3.05, 3.63) is 89.7 Å². The summed E-state index contributed by atoms with van der Waals surface area (Å²) in [5.74, 6) is -0.381. The molecule has 0 spiro atoms. The molecule has 2 heterocycles. The van der Waals surface area contributed by atoms with E-state index < -0.39 is 11.7 Å². The Hall–Kier alpha value is -3.65. The molecular weight excluding hydrogens is 477 g/mol. The van der Waals surface area contributed by atoms with Crippen molar-refractivity contribution in [1.82, 2.24) is 14.9 Å². The van der Waals surface area contributed by atoms with Gasteiger partial charge in [0.2, 0.25) is 5.91 Å². The van der Waals surface area contributed by atoms with E-state index in [9.17, 15) is 18.0 Å². The summed E-state index contributed by atoms with van der Waals surface area (Å²) < 4.78 is 43.8. The van der Waals surface area contributed by atoms with Gasteiger partial charge in [-0.1, -0.05) is 37.3 Å². The molecule has 1 aromatic heterocycles. The Morgan fingerprint density at radius 1 is 1.08 bits per heavy atom. The summed E-state index contributed by atoms with van der Waals surface area (Å²) >= 11 is 0. The molecule has 2 N–H and O–H groups in total. The number of para-hydroxylation sites is 2. The van der Waals surface area contributed by atoms with E-state index >= 15 is 0 Å². The fourth-order valence-electron chi connectivity index (χ4n) is 5.20. The van der Waals surface area contributed by atoms with Crippen molar-refractivity contribution >= 4 is 22.6 Å². The number of aromatic nitrogens is 2. The fraction of sp³-hybridized carbons (Fsp3) is 0.310. The lowest BCUT2D eigenvalue weighted by Crippen LogP contribution is -2.30. The zero-order valence-electron chi connectivity index (χ0n) is 20.6. The van der Waals surface area contributed by atoms with Crippen LogP contribution in [0.3, 0.4) is 0 Å². The largest absolute Gasteiger partial charge is 0.416 e. The number of carbonyl (C=O) groups excluding carboxylic acids is 1. The number of fused-ring (bicyclic) bond motifs is 1. The van der Waals surface area contributed by atoms with E-state index in [1.54, 1.807) is 12.4 Å². The number of amides is 1. The van der Waals surface area contributed by atoms with Crippen LogP contribution >= 0.6 is 0 Å². The highest BCUT2D eigenvalue weighted by molar-refractivity contribution is 5.92. The maximum atomic E-state index is 14.0. The van der Waals surface area contributed by atoms with Gasteiger partial charge in [0.05, 0.1) is 23.0 Å². The molecule has 0 saturated carbocycles. The summed E-state index contributed by atoms with van der Waals surface area (Å²) in [6.45, 7) is 3.52. The number of nitrogens with zero attached hydrogens (tertiary/aromatic N) is 2. The lowest BCUT2D eigenvalue weighted by atomic mass is 9.80. The first-order valence-electron chi connectivity index (χ1n) is 12.5. The van der Waals surface area contributed by atoms with Crippen molar-refractivity contribution in [2.75, 3.05) is 18.4 Å². The zero-order valence-corrected chi connectivity index (χ0v) is 20.6. The molecule has 1 amide bonds. The number of hydrogen-bond acceptors (Lipinski definition) is 3. The van der Waals surface area contributed by atoms with Crippen LogP contribution in [0.5, 0.6) is 0 Å². The Kier molecular flexibility index (Phi) is 7.02.